The number of carbonyl (C=O) groups excluding carboxylic acids is 1. The third kappa shape index (κ3) is 1.59. The molecule has 0 aromatic carbocycles. The fourth-order valence-corrected chi connectivity index (χ4v) is 2.51. The molecule has 1 aliphatic heterocycles. The van der Waals surface area contributed by atoms with Crippen LogP contribution in [0.4, 0.5) is 4.79 Å². The summed E-state index contributed by atoms with van der Waals surface area (Å²) < 4.78 is 10.5. The molecule has 0 aromatic rings. The highest BCUT2D eigenvalue weighted by Crippen LogP contribution is 2.35. The largest absolute Gasteiger partial charge is 0.447 e. The second kappa shape index (κ2) is 3.77. The van der Waals surface area contributed by atoms with E-state index < -0.39 is 0 Å². The Morgan fingerprint density at radius 1 is 1.43 bits per heavy atom. The van der Waals surface area contributed by atoms with E-state index in [1.54, 1.807) is 7.11 Å². The zero-order chi connectivity index (χ0) is 10.0. The monoisotopic (exact) mass is 199 g/mol. The van der Waals surface area contributed by atoms with Gasteiger partial charge >= 0.3 is 6.09 Å². The van der Waals surface area contributed by atoms with Crippen molar-refractivity contribution < 1.29 is 14.3 Å². The molecule has 1 unspecified atom stereocenters. The predicted octanol–water partition coefficient (Wildman–Crippen LogP) is 1.44. The van der Waals surface area contributed by atoms with Gasteiger partial charge in [-0.25, -0.2) is 4.79 Å². The fraction of sp³-hybridized carbons (Fsp3) is 0.900. The number of carbonyl (C=O) groups is 1. The van der Waals surface area contributed by atoms with E-state index in [9.17, 15) is 4.79 Å². The summed E-state index contributed by atoms with van der Waals surface area (Å²) in [6, 6.07) is 0.0419. The first kappa shape index (κ1) is 9.77. The van der Waals surface area contributed by atoms with Crippen LogP contribution in [0.3, 0.4) is 0 Å². The van der Waals surface area contributed by atoms with Crippen LogP contribution in [0.5, 0.6) is 0 Å². The van der Waals surface area contributed by atoms with Crippen molar-refractivity contribution in [1.82, 2.24) is 5.32 Å². The highest BCUT2D eigenvalue weighted by atomic mass is 16.6. The molecule has 1 aliphatic carbocycles. The van der Waals surface area contributed by atoms with E-state index in [1.165, 1.54) is 19.3 Å². The van der Waals surface area contributed by atoms with Gasteiger partial charge in [0.25, 0.3) is 0 Å². The Morgan fingerprint density at radius 3 is 2.64 bits per heavy atom. The van der Waals surface area contributed by atoms with Crippen molar-refractivity contribution in [2.45, 2.75) is 43.7 Å². The van der Waals surface area contributed by atoms with E-state index in [0.717, 1.165) is 12.8 Å². The molecule has 0 spiro atoms. The molecule has 2 rings (SSSR count). The van der Waals surface area contributed by atoms with E-state index in [1.807, 2.05) is 0 Å². The maximum Gasteiger partial charge on any atom is 0.407 e. The number of ether oxygens (including phenoxy) is 2. The fourth-order valence-electron chi connectivity index (χ4n) is 2.51. The molecule has 2 fully saturated rings. The quantitative estimate of drug-likeness (QED) is 0.732. The molecule has 14 heavy (non-hydrogen) atoms. The van der Waals surface area contributed by atoms with Gasteiger partial charge in [-0.1, -0.05) is 19.3 Å². The third-order valence-electron chi connectivity index (χ3n) is 3.41. The standard InChI is InChI=1S/C10H17NO3/c1-13-10(5-3-2-4-6-10)8-7-14-9(12)11-8/h8H,2-7H2,1H3,(H,11,12). The van der Waals surface area contributed by atoms with Crippen LogP contribution in [0.1, 0.15) is 32.1 Å². The van der Waals surface area contributed by atoms with Gasteiger partial charge in [0.15, 0.2) is 0 Å². The summed E-state index contributed by atoms with van der Waals surface area (Å²) in [5.74, 6) is 0. The Bertz CT molecular complexity index is 223. The lowest BCUT2D eigenvalue weighted by molar-refractivity contribution is -0.0643. The first-order chi connectivity index (χ1) is 6.77. The average molecular weight is 199 g/mol. The lowest BCUT2D eigenvalue weighted by atomic mass is 9.79. The molecule has 4 nitrogen and oxygen atoms in total. The average Bonchev–Trinajstić information content (AvgIpc) is 2.66. The number of hydrogen-bond acceptors (Lipinski definition) is 3. The summed E-state index contributed by atoms with van der Waals surface area (Å²) in [4.78, 5) is 11.0. The molecule has 1 atom stereocenters. The van der Waals surface area contributed by atoms with Crippen LogP contribution in [-0.2, 0) is 9.47 Å². The van der Waals surface area contributed by atoms with Gasteiger partial charge in [-0.3, -0.25) is 0 Å². The Kier molecular flexibility index (Phi) is 2.63. The molecular formula is C10H17NO3. The SMILES string of the molecule is COC1(C2COC(=O)N2)CCCCC1. The minimum absolute atomic E-state index is 0.0419. The second-order valence-corrected chi connectivity index (χ2v) is 4.12. The summed E-state index contributed by atoms with van der Waals surface area (Å²) in [5, 5.41) is 2.83. The van der Waals surface area contributed by atoms with Gasteiger partial charge in [-0.05, 0) is 12.8 Å². The van der Waals surface area contributed by atoms with Crippen LogP contribution >= 0.6 is 0 Å². The second-order valence-electron chi connectivity index (χ2n) is 4.12. The van der Waals surface area contributed by atoms with Crippen LogP contribution in [0, 0.1) is 0 Å². The predicted molar refractivity (Wildman–Crippen MR) is 51.1 cm³/mol. The van der Waals surface area contributed by atoms with Crippen LogP contribution in [0.15, 0.2) is 0 Å². The Hall–Kier alpha value is -0.770. The van der Waals surface area contributed by atoms with Gasteiger partial charge in [0.2, 0.25) is 0 Å². The molecule has 1 heterocycles. The van der Waals surface area contributed by atoms with Crippen LogP contribution in [-0.4, -0.2) is 31.5 Å². The topological polar surface area (TPSA) is 47.6 Å². The van der Waals surface area contributed by atoms with Crippen molar-refractivity contribution in [3.05, 3.63) is 0 Å². The Balaban J connectivity index is 2.06. The van der Waals surface area contributed by atoms with Gasteiger partial charge in [-0.2, -0.15) is 0 Å². The number of amides is 1. The lowest BCUT2D eigenvalue weighted by Crippen LogP contribution is -2.52. The number of cyclic esters (lactones) is 1. The summed E-state index contributed by atoms with van der Waals surface area (Å²) in [6.45, 7) is 0.451. The van der Waals surface area contributed by atoms with E-state index in [0.29, 0.717) is 6.61 Å². The molecule has 0 bridgehead atoms. The molecule has 1 saturated heterocycles. The maximum atomic E-state index is 11.0. The molecule has 4 heteroatoms. The first-order valence-corrected chi connectivity index (χ1v) is 5.25. The number of nitrogens with one attached hydrogen (secondary N) is 1. The number of rotatable bonds is 2. The Labute approximate surface area is 84.0 Å². The Morgan fingerprint density at radius 2 is 2.14 bits per heavy atom. The highest BCUT2D eigenvalue weighted by Gasteiger charge is 2.44. The molecule has 0 aromatic heterocycles. The zero-order valence-electron chi connectivity index (χ0n) is 8.54. The smallest absolute Gasteiger partial charge is 0.407 e. The van der Waals surface area contributed by atoms with Crippen molar-refractivity contribution in [3.63, 3.8) is 0 Å². The minimum Gasteiger partial charge on any atom is -0.447 e. The van der Waals surface area contributed by atoms with Gasteiger partial charge in [-0.15, -0.1) is 0 Å². The van der Waals surface area contributed by atoms with Gasteiger partial charge in [0.05, 0.1) is 11.6 Å². The number of alkyl carbamates (subject to hydrolysis) is 1. The van der Waals surface area contributed by atoms with Crippen molar-refractivity contribution in [3.8, 4) is 0 Å². The van der Waals surface area contributed by atoms with Crippen molar-refractivity contribution in [1.29, 1.82) is 0 Å². The van der Waals surface area contributed by atoms with Crippen molar-refractivity contribution in [2.75, 3.05) is 13.7 Å². The van der Waals surface area contributed by atoms with E-state index >= 15 is 0 Å². The molecule has 1 saturated carbocycles. The summed E-state index contributed by atoms with van der Waals surface area (Å²) in [6.07, 6.45) is 5.37. The summed E-state index contributed by atoms with van der Waals surface area (Å²) in [5.41, 5.74) is -0.176. The molecule has 1 amide bonds. The zero-order valence-corrected chi connectivity index (χ0v) is 8.54. The number of hydrogen-bond donors (Lipinski definition) is 1. The molecule has 80 valence electrons. The maximum absolute atomic E-state index is 11.0. The van der Waals surface area contributed by atoms with E-state index in [2.05, 4.69) is 5.32 Å². The van der Waals surface area contributed by atoms with Crippen LogP contribution in [0.2, 0.25) is 0 Å². The lowest BCUT2D eigenvalue weighted by Gasteiger charge is -2.39. The van der Waals surface area contributed by atoms with Gasteiger partial charge in [0, 0.05) is 7.11 Å². The van der Waals surface area contributed by atoms with Gasteiger partial charge < -0.3 is 14.8 Å². The highest BCUT2D eigenvalue weighted by molar-refractivity contribution is 5.69. The van der Waals surface area contributed by atoms with Gasteiger partial charge in [0.1, 0.15) is 6.61 Å². The van der Waals surface area contributed by atoms with E-state index in [4.69, 9.17) is 9.47 Å². The summed E-state index contributed by atoms with van der Waals surface area (Å²) >= 11 is 0. The third-order valence-corrected chi connectivity index (χ3v) is 3.41. The van der Waals surface area contributed by atoms with E-state index in [-0.39, 0.29) is 17.7 Å². The van der Waals surface area contributed by atoms with Crippen LogP contribution in [0.25, 0.3) is 0 Å². The summed E-state index contributed by atoms with van der Waals surface area (Å²) in [7, 11) is 1.73. The number of methoxy groups -OCH3 is 1. The minimum atomic E-state index is -0.308. The molecular weight excluding hydrogens is 182 g/mol. The molecule has 0 radical (unpaired) electrons. The first-order valence-electron chi connectivity index (χ1n) is 5.25. The van der Waals surface area contributed by atoms with Crippen LogP contribution < -0.4 is 5.32 Å². The van der Waals surface area contributed by atoms with Crippen molar-refractivity contribution in [2.24, 2.45) is 0 Å². The molecule has 2 aliphatic rings. The molecule has 1 N–H and O–H groups in total. The normalized spacial score (nSPS) is 30.9. The van der Waals surface area contributed by atoms with Crippen molar-refractivity contribution >= 4 is 6.09 Å².